The standard InChI is InChI=1S/C16H30N2O6/c1-4-14(19)11-24-10-9-22-7-5-17-15(20)12-23-8-6-18-16(21)13(2)3/h13H,4-12H2,1-3H3,(H,17,20)(H,18,21). The Balaban J connectivity index is 3.32. The van der Waals surface area contributed by atoms with Gasteiger partial charge in [0.05, 0.1) is 26.4 Å². The molecule has 0 fully saturated rings. The maximum Gasteiger partial charge on any atom is 0.246 e. The molecule has 0 rings (SSSR count). The first-order valence-electron chi connectivity index (χ1n) is 8.26. The summed E-state index contributed by atoms with van der Waals surface area (Å²) in [6, 6.07) is 0. The summed E-state index contributed by atoms with van der Waals surface area (Å²) in [4.78, 5) is 33.7. The summed E-state index contributed by atoms with van der Waals surface area (Å²) in [6.07, 6.45) is 0.471. The Kier molecular flexibility index (Phi) is 14.1. The zero-order chi connectivity index (χ0) is 18.2. The molecule has 0 saturated carbocycles. The predicted molar refractivity (Wildman–Crippen MR) is 88.6 cm³/mol. The molecule has 0 unspecified atom stereocenters. The van der Waals surface area contributed by atoms with Crippen molar-refractivity contribution in [1.82, 2.24) is 10.6 Å². The molecule has 8 nitrogen and oxygen atoms in total. The third-order valence-corrected chi connectivity index (χ3v) is 2.90. The second-order valence-corrected chi connectivity index (χ2v) is 5.41. The van der Waals surface area contributed by atoms with E-state index in [9.17, 15) is 14.4 Å². The van der Waals surface area contributed by atoms with Crippen LogP contribution < -0.4 is 10.6 Å². The van der Waals surface area contributed by atoms with Gasteiger partial charge < -0.3 is 24.8 Å². The fourth-order valence-corrected chi connectivity index (χ4v) is 1.44. The summed E-state index contributed by atoms with van der Waals surface area (Å²) in [7, 11) is 0. The highest BCUT2D eigenvalue weighted by Gasteiger charge is 2.05. The van der Waals surface area contributed by atoms with Crippen LogP contribution in [0.1, 0.15) is 27.2 Å². The highest BCUT2D eigenvalue weighted by molar-refractivity contribution is 5.79. The van der Waals surface area contributed by atoms with Crippen LogP contribution in [-0.4, -0.2) is 70.3 Å². The maximum absolute atomic E-state index is 11.5. The highest BCUT2D eigenvalue weighted by Crippen LogP contribution is 1.89. The van der Waals surface area contributed by atoms with E-state index in [2.05, 4.69) is 10.6 Å². The Morgan fingerprint density at radius 3 is 2.08 bits per heavy atom. The van der Waals surface area contributed by atoms with Crippen LogP contribution in [0.3, 0.4) is 0 Å². The van der Waals surface area contributed by atoms with Crippen LogP contribution >= 0.6 is 0 Å². The molecular weight excluding hydrogens is 316 g/mol. The van der Waals surface area contributed by atoms with E-state index in [0.29, 0.717) is 39.3 Å². The molecular formula is C16H30N2O6. The van der Waals surface area contributed by atoms with Gasteiger partial charge in [0.2, 0.25) is 11.8 Å². The van der Waals surface area contributed by atoms with Crippen LogP contribution in [0.15, 0.2) is 0 Å². The molecule has 0 heterocycles. The van der Waals surface area contributed by atoms with Crippen molar-refractivity contribution in [2.45, 2.75) is 27.2 Å². The van der Waals surface area contributed by atoms with Crippen LogP contribution in [0.4, 0.5) is 0 Å². The van der Waals surface area contributed by atoms with Crippen LogP contribution in [-0.2, 0) is 28.6 Å². The van der Waals surface area contributed by atoms with Crippen LogP contribution in [0, 0.1) is 5.92 Å². The van der Waals surface area contributed by atoms with Crippen molar-refractivity contribution in [3.8, 4) is 0 Å². The van der Waals surface area contributed by atoms with Crippen LogP contribution in [0.25, 0.3) is 0 Å². The third-order valence-electron chi connectivity index (χ3n) is 2.90. The molecule has 0 aromatic rings. The second kappa shape index (κ2) is 15.0. The molecule has 140 valence electrons. The minimum Gasteiger partial charge on any atom is -0.377 e. The van der Waals surface area contributed by atoms with Crippen molar-refractivity contribution >= 4 is 17.6 Å². The summed E-state index contributed by atoms with van der Waals surface area (Å²) in [5.41, 5.74) is 0. The summed E-state index contributed by atoms with van der Waals surface area (Å²) in [5, 5.41) is 5.34. The second-order valence-electron chi connectivity index (χ2n) is 5.41. The quantitative estimate of drug-likeness (QED) is 0.402. The van der Waals surface area contributed by atoms with Gasteiger partial charge in [0.25, 0.3) is 0 Å². The molecule has 0 radical (unpaired) electrons. The average molecular weight is 346 g/mol. The lowest BCUT2D eigenvalue weighted by atomic mass is 10.2. The van der Waals surface area contributed by atoms with E-state index in [4.69, 9.17) is 14.2 Å². The number of carbonyl (C=O) groups excluding carboxylic acids is 3. The van der Waals surface area contributed by atoms with Gasteiger partial charge in [-0.15, -0.1) is 0 Å². The number of ketones is 1. The topological polar surface area (TPSA) is 103 Å². The van der Waals surface area contributed by atoms with Gasteiger partial charge in [0, 0.05) is 25.4 Å². The first-order chi connectivity index (χ1) is 11.5. The smallest absolute Gasteiger partial charge is 0.246 e. The monoisotopic (exact) mass is 346 g/mol. The Morgan fingerprint density at radius 2 is 1.42 bits per heavy atom. The Labute approximate surface area is 143 Å². The first kappa shape index (κ1) is 22.5. The van der Waals surface area contributed by atoms with Gasteiger partial charge in [-0.25, -0.2) is 0 Å². The van der Waals surface area contributed by atoms with Gasteiger partial charge in [-0.1, -0.05) is 20.8 Å². The van der Waals surface area contributed by atoms with Crippen molar-refractivity contribution in [2.24, 2.45) is 5.92 Å². The summed E-state index contributed by atoms with van der Waals surface area (Å²) < 4.78 is 15.5. The van der Waals surface area contributed by atoms with Crippen LogP contribution in [0.5, 0.6) is 0 Å². The van der Waals surface area contributed by atoms with E-state index < -0.39 is 0 Å². The highest BCUT2D eigenvalue weighted by atomic mass is 16.5. The number of ether oxygens (including phenoxy) is 3. The van der Waals surface area contributed by atoms with Crippen molar-refractivity contribution in [2.75, 3.05) is 52.7 Å². The van der Waals surface area contributed by atoms with E-state index in [0.717, 1.165) is 0 Å². The van der Waals surface area contributed by atoms with E-state index in [1.807, 2.05) is 13.8 Å². The van der Waals surface area contributed by atoms with E-state index in [1.54, 1.807) is 6.92 Å². The SMILES string of the molecule is CCC(=O)COCCOCCNC(=O)COCCNC(=O)C(C)C. The van der Waals surface area contributed by atoms with Gasteiger partial charge in [-0.05, 0) is 0 Å². The number of nitrogens with one attached hydrogen (secondary N) is 2. The Morgan fingerprint density at radius 1 is 0.833 bits per heavy atom. The van der Waals surface area contributed by atoms with Gasteiger partial charge in [0.15, 0.2) is 5.78 Å². The Bertz CT molecular complexity index is 374. The largest absolute Gasteiger partial charge is 0.377 e. The molecule has 0 spiro atoms. The molecule has 0 atom stereocenters. The van der Waals surface area contributed by atoms with Crippen molar-refractivity contribution in [3.05, 3.63) is 0 Å². The molecule has 2 amide bonds. The number of amides is 2. The zero-order valence-corrected chi connectivity index (χ0v) is 14.9. The molecule has 8 heteroatoms. The van der Waals surface area contributed by atoms with E-state index in [-0.39, 0.29) is 43.3 Å². The van der Waals surface area contributed by atoms with Crippen molar-refractivity contribution in [3.63, 3.8) is 0 Å². The normalized spacial score (nSPS) is 10.7. The van der Waals surface area contributed by atoms with E-state index >= 15 is 0 Å². The molecule has 24 heavy (non-hydrogen) atoms. The van der Waals surface area contributed by atoms with Gasteiger partial charge in [-0.3, -0.25) is 14.4 Å². The predicted octanol–water partition coefficient (Wildman–Crippen LogP) is -0.0963. The van der Waals surface area contributed by atoms with Crippen molar-refractivity contribution in [1.29, 1.82) is 0 Å². The molecule has 0 aromatic heterocycles. The molecule has 0 aliphatic rings. The number of carbonyl (C=O) groups is 3. The summed E-state index contributed by atoms with van der Waals surface area (Å²) >= 11 is 0. The summed E-state index contributed by atoms with van der Waals surface area (Å²) in [6.45, 7) is 7.60. The molecule has 2 N–H and O–H groups in total. The number of rotatable bonds is 15. The fraction of sp³-hybridized carbons (Fsp3) is 0.812. The van der Waals surface area contributed by atoms with E-state index in [1.165, 1.54) is 0 Å². The first-order valence-corrected chi connectivity index (χ1v) is 8.26. The average Bonchev–Trinajstić information content (AvgIpc) is 2.56. The molecule has 0 saturated heterocycles. The van der Waals surface area contributed by atoms with Crippen molar-refractivity contribution < 1.29 is 28.6 Å². The number of Topliss-reactive ketones (excluding diaryl/α,β-unsaturated/α-hetero) is 1. The Hall–Kier alpha value is -1.51. The maximum atomic E-state index is 11.5. The fourth-order valence-electron chi connectivity index (χ4n) is 1.44. The van der Waals surface area contributed by atoms with Gasteiger partial charge in [0.1, 0.15) is 13.2 Å². The zero-order valence-electron chi connectivity index (χ0n) is 14.9. The number of hydrogen-bond donors (Lipinski definition) is 2. The lowest BCUT2D eigenvalue weighted by Crippen LogP contribution is -2.33. The van der Waals surface area contributed by atoms with Gasteiger partial charge in [-0.2, -0.15) is 0 Å². The molecule has 0 aliphatic carbocycles. The minimum atomic E-state index is -0.237. The lowest BCUT2D eigenvalue weighted by molar-refractivity contribution is -0.126. The minimum absolute atomic E-state index is 0.0387. The summed E-state index contributed by atoms with van der Waals surface area (Å²) in [5.74, 6) is -0.279. The number of hydrogen-bond acceptors (Lipinski definition) is 6. The molecule has 0 bridgehead atoms. The van der Waals surface area contributed by atoms with Gasteiger partial charge >= 0.3 is 0 Å². The lowest BCUT2D eigenvalue weighted by Gasteiger charge is -2.09. The molecule has 0 aromatic carbocycles. The third kappa shape index (κ3) is 14.1. The van der Waals surface area contributed by atoms with Crippen LogP contribution in [0.2, 0.25) is 0 Å². The molecule has 0 aliphatic heterocycles.